The number of anilines is 1. The summed E-state index contributed by atoms with van der Waals surface area (Å²) in [5.74, 6) is -0.333. The molecule has 0 unspecified atom stereocenters. The Hall–Kier alpha value is -3.35. The molecule has 1 aliphatic heterocycles. The second-order valence-corrected chi connectivity index (χ2v) is 6.18. The van der Waals surface area contributed by atoms with Crippen molar-refractivity contribution in [1.82, 2.24) is 10.6 Å². The molecule has 7 nitrogen and oxygen atoms in total. The van der Waals surface area contributed by atoms with Gasteiger partial charge in [-0.1, -0.05) is 30.3 Å². The molecule has 0 saturated heterocycles. The van der Waals surface area contributed by atoms with E-state index in [1.807, 2.05) is 24.3 Å². The minimum absolute atomic E-state index is 0.127. The molecule has 140 valence electrons. The molecular weight excluding hydrogens is 346 g/mol. The van der Waals surface area contributed by atoms with Gasteiger partial charge in [-0.2, -0.15) is 0 Å². The topological polar surface area (TPSA) is 96.5 Å². The minimum Gasteiger partial charge on any atom is -0.496 e. The van der Waals surface area contributed by atoms with Gasteiger partial charge in [0.05, 0.1) is 24.8 Å². The molecule has 3 amide bonds. The Kier molecular flexibility index (Phi) is 5.71. The van der Waals surface area contributed by atoms with Crippen molar-refractivity contribution in [2.75, 3.05) is 19.0 Å². The van der Waals surface area contributed by atoms with Crippen LogP contribution in [0.2, 0.25) is 0 Å². The van der Waals surface area contributed by atoms with Gasteiger partial charge in [0.2, 0.25) is 11.8 Å². The number of amides is 3. The van der Waals surface area contributed by atoms with Crippen molar-refractivity contribution in [2.45, 2.75) is 18.9 Å². The standard InChI is InChI=1S/C20H21N3O4/c1-27-17-9-5-2-6-13(17)10-11-21-18(24)12-16-20(26)22-15-8-4-3-7-14(15)19(25)23-16/h2-9,16H,10-12H2,1H3,(H,21,24)(H,22,26)(H,23,25)/t16-/m1/s1. The van der Waals surface area contributed by atoms with E-state index in [1.165, 1.54) is 0 Å². The number of fused-ring (bicyclic) bond motifs is 1. The smallest absolute Gasteiger partial charge is 0.254 e. The molecule has 27 heavy (non-hydrogen) atoms. The van der Waals surface area contributed by atoms with Crippen LogP contribution in [0.3, 0.4) is 0 Å². The van der Waals surface area contributed by atoms with Gasteiger partial charge in [0.25, 0.3) is 5.91 Å². The average Bonchev–Trinajstić information content (AvgIpc) is 2.79. The molecule has 0 radical (unpaired) electrons. The summed E-state index contributed by atoms with van der Waals surface area (Å²) in [5, 5.41) is 8.08. The molecule has 1 heterocycles. The van der Waals surface area contributed by atoms with E-state index in [0.29, 0.717) is 24.2 Å². The van der Waals surface area contributed by atoms with E-state index in [4.69, 9.17) is 4.74 Å². The average molecular weight is 367 g/mol. The van der Waals surface area contributed by atoms with Crippen molar-refractivity contribution >= 4 is 23.4 Å². The summed E-state index contributed by atoms with van der Waals surface area (Å²) in [6.45, 7) is 0.404. The van der Waals surface area contributed by atoms with Gasteiger partial charge in [-0.3, -0.25) is 14.4 Å². The zero-order valence-electron chi connectivity index (χ0n) is 15.0. The van der Waals surface area contributed by atoms with E-state index in [9.17, 15) is 14.4 Å². The van der Waals surface area contributed by atoms with Crippen molar-refractivity contribution in [1.29, 1.82) is 0 Å². The third kappa shape index (κ3) is 4.44. The number of methoxy groups -OCH3 is 1. The lowest BCUT2D eigenvalue weighted by Crippen LogP contribution is -2.44. The number of carbonyl (C=O) groups excluding carboxylic acids is 3. The lowest BCUT2D eigenvalue weighted by Gasteiger charge is -2.14. The van der Waals surface area contributed by atoms with Crippen molar-refractivity contribution in [2.24, 2.45) is 0 Å². The Labute approximate surface area is 157 Å². The fourth-order valence-corrected chi connectivity index (χ4v) is 2.96. The molecular formula is C20H21N3O4. The maximum absolute atomic E-state index is 12.3. The van der Waals surface area contributed by atoms with Gasteiger partial charge in [0.1, 0.15) is 11.8 Å². The van der Waals surface area contributed by atoms with Crippen LogP contribution in [0.4, 0.5) is 5.69 Å². The fourth-order valence-electron chi connectivity index (χ4n) is 2.96. The molecule has 3 rings (SSSR count). The van der Waals surface area contributed by atoms with Crippen LogP contribution in [0.25, 0.3) is 0 Å². The van der Waals surface area contributed by atoms with Crippen LogP contribution in [0.15, 0.2) is 48.5 Å². The summed E-state index contributed by atoms with van der Waals surface area (Å²) >= 11 is 0. The van der Waals surface area contributed by atoms with Crippen molar-refractivity contribution in [3.05, 3.63) is 59.7 Å². The predicted octanol–water partition coefficient (Wildman–Crippen LogP) is 1.49. The Bertz CT molecular complexity index is 866. The maximum atomic E-state index is 12.3. The van der Waals surface area contributed by atoms with E-state index in [0.717, 1.165) is 11.3 Å². The lowest BCUT2D eigenvalue weighted by molar-refractivity contribution is -0.125. The van der Waals surface area contributed by atoms with Gasteiger partial charge in [0.15, 0.2) is 0 Å². The molecule has 0 aliphatic carbocycles. The van der Waals surface area contributed by atoms with Gasteiger partial charge < -0.3 is 20.7 Å². The van der Waals surface area contributed by atoms with E-state index >= 15 is 0 Å². The normalized spacial score (nSPS) is 15.8. The SMILES string of the molecule is COc1ccccc1CCNC(=O)C[C@H]1NC(=O)c2ccccc2NC1=O. The summed E-state index contributed by atoms with van der Waals surface area (Å²) in [6.07, 6.45) is 0.474. The molecule has 0 bridgehead atoms. The van der Waals surface area contributed by atoms with Crippen LogP contribution in [-0.2, 0) is 16.0 Å². The minimum atomic E-state index is -0.920. The molecule has 7 heteroatoms. The molecule has 0 fully saturated rings. The highest BCUT2D eigenvalue weighted by molar-refractivity contribution is 6.10. The second-order valence-electron chi connectivity index (χ2n) is 6.18. The highest BCUT2D eigenvalue weighted by Gasteiger charge is 2.29. The number of carbonyl (C=O) groups is 3. The molecule has 0 spiro atoms. The van der Waals surface area contributed by atoms with Crippen LogP contribution in [0, 0.1) is 0 Å². The summed E-state index contributed by atoms with van der Waals surface area (Å²) in [6, 6.07) is 13.4. The molecule has 0 aromatic heterocycles. The van der Waals surface area contributed by atoms with Gasteiger partial charge in [-0.15, -0.1) is 0 Å². The third-order valence-electron chi connectivity index (χ3n) is 4.35. The first-order valence-corrected chi connectivity index (χ1v) is 8.68. The largest absolute Gasteiger partial charge is 0.496 e. The summed E-state index contributed by atoms with van der Waals surface area (Å²) in [5.41, 5.74) is 1.81. The van der Waals surface area contributed by atoms with Crippen LogP contribution in [-0.4, -0.2) is 37.4 Å². The molecule has 3 N–H and O–H groups in total. The number of benzene rings is 2. The van der Waals surface area contributed by atoms with Gasteiger partial charge >= 0.3 is 0 Å². The Balaban J connectivity index is 1.55. The zero-order chi connectivity index (χ0) is 19.2. The quantitative estimate of drug-likeness (QED) is 0.721. The zero-order valence-corrected chi connectivity index (χ0v) is 15.0. The van der Waals surface area contributed by atoms with Gasteiger partial charge in [-0.25, -0.2) is 0 Å². The number of nitrogens with one attached hydrogen (secondary N) is 3. The fraction of sp³-hybridized carbons (Fsp3) is 0.250. The van der Waals surface area contributed by atoms with Crippen LogP contribution < -0.4 is 20.7 Å². The van der Waals surface area contributed by atoms with Crippen molar-refractivity contribution in [3.63, 3.8) is 0 Å². The molecule has 2 aromatic rings. The van der Waals surface area contributed by atoms with Crippen molar-refractivity contribution in [3.8, 4) is 5.75 Å². The van der Waals surface area contributed by atoms with Crippen LogP contribution in [0.1, 0.15) is 22.3 Å². The van der Waals surface area contributed by atoms with Crippen molar-refractivity contribution < 1.29 is 19.1 Å². The highest BCUT2D eigenvalue weighted by atomic mass is 16.5. The number of para-hydroxylation sites is 2. The second kappa shape index (κ2) is 8.35. The van der Waals surface area contributed by atoms with E-state index in [1.54, 1.807) is 31.4 Å². The Morgan fingerprint density at radius 1 is 1.11 bits per heavy atom. The number of hydrogen-bond donors (Lipinski definition) is 3. The molecule has 1 atom stereocenters. The number of ether oxygens (including phenoxy) is 1. The van der Waals surface area contributed by atoms with E-state index < -0.39 is 11.9 Å². The first-order chi connectivity index (χ1) is 13.1. The third-order valence-corrected chi connectivity index (χ3v) is 4.35. The number of hydrogen-bond acceptors (Lipinski definition) is 4. The Morgan fingerprint density at radius 3 is 2.67 bits per heavy atom. The first kappa shape index (κ1) is 18.4. The molecule has 1 aliphatic rings. The van der Waals surface area contributed by atoms with E-state index in [2.05, 4.69) is 16.0 Å². The summed E-state index contributed by atoms with van der Waals surface area (Å²) < 4.78 is 5.28. The van der Waals surface area contributed by atoms with Gasteiger partial charge in [-0.05, 0) is 30.2 Å². The summed E-state index contributed by atoms with van der Waals surface area (Å²) in [4.78, 5) is 36.8. The molecule has 0 saturated carbocycles. The monoisotopic (exact) mass is 367 g/mol. The maximum Gasteiger partial charge on any atom is 0.254 e. The predicted molar refractivity (Wildman–Crippen MR) is 101 cm³/mol. The Morgan fingerprint density at radius 2 is 1.85 bits per heavy atom. The highest BCUT2D eigenvalue weighted by Crippen LogP contribution is 2.19. The van der Waals surface area contributed by atoms with Crippen LogP contribution >= 0.6 is 0 Å². The lowest BCUT2D eigenvalue weighted by atomic mass is 10.1. The summed E-state index contributed by atoms with van der Waals surface area (Å²) in [7, 11) is 1.60. The first-order valence-electron chi connectivity index (χ1n) is 8.68. The van der Waals surface area contributed by atoms with Crippen LogP contribution in [0.5, 0.6) is 5.75 Å². The number of rotatable bonds is 6. The van der Waals surface area contributed by atoms with Gasteiger partial charge in [0, 0.05) is 6.54 Å². The van der Waals surface area contributed by atoms with E-state index in [-0.39, 0.29) is 18.2 Å². The molecule has 2 aromatic carbocycles.